The fourth-order valence-corrected chi connectivity index (χ4v) is 3.15. The van der Waals surface area contributed by atoms with E-state index in [0.717, 1.165) is 11.1 Å². The second-order valence-corrected chi connectivity index (χ2v) is 6.35. The van der Waals surface area contributed by atoms with Gasteiger partial charge in [-0.05, 0) is 29.1 Å². The first kappa shape index (κ1) is 17.0. The van der Waals surface area contributed by atoms with Gasteiger partial charge in [0, 0.05) is 12.6 Å². The number of nitrogens with zero attached hydrogens (tertiary/aromatic N) is 1. The van der Waals surface area contributed by atoms with Crippen LogP contribution in [-0.4, -0.2) is 30.4 Å². The summed E-state index contributed by atoms with van der Waals surface area (Å²) in [5, 5.41) is 1.84. The van der Waals surface area contributed by atoms with Crippen LogP contribution >= 0.6 is 11.3 Å². The van der Waals surface area contributed by atoms with Gasteiger partial charge in [0.15, 0.2) is 6.61 Å². The summed E-state index contributed by atoms with van der Waals surface area (Å²) in [6.45, 7) is 0.0276. The Labute approximate surface area is 149 Å². The minimum atomic E-state index is -0.492. The molecule has 0 bridgehead atoms. The van der Waals surface area contributed by atoms with Gasteiger partial charge in [0.25, 0.3) is 5.91 Å². The number of amides is 1. The predicted molar refractivity (Wildman–Crippen MR) is 95.2 cm³/mol. The van der Waals surface area contributed by atoms with Gasteiger partial charge < -0.3 is 14.1 Å². The number of rotatable bonds is 6. The summed E-state index contributed by atoms with van der Waals surface area (Å²) in [6.07, 6.45) is 1.55. The van der Waals surface area contributed by atoms with Gasteiger partial charge in [0.05, 0.1) is 12.8 Å². The van der Waals surface area contributed by atoms with Crippen molar-refractivity contribution in [1.82, 2.24) is 4.90 Å². The summed E-state index contributed by atoms with van der Waals surface area (Å²) in [4.78, 5) is 26.4. The van der Waals surface area contributed by atoms with Crippen LogP contribution in [0.5, 0.6) is 0 Å². The smallest absolute Gasteiger partial charge is 0.349 e. The van der Waals surface area contributed by atoms with Gasteiger partial charge in [-0.15, -0.1) is 11.3 Å². The molecule has 0 aliphatic carbocycles. The van der Waals surface area contributed by atoms with Crippen LogP contribution in [0.15, 0.2) is 64.6 Å². The van der Waals surface area contributed by atoms with Crippen molar-refractivity contribution in [3.05, 3.63) is 70.8 Å². The van der Waals surface area contributed by atoms with Crippen LogP contribution < -0.4 is 0 Å². The molecule has 1 aromatic carbocycles. The van der Waals surface area contributed by atoms with Crippen LogP contribution in [0.4, 0.5) is 0 Å². The van der Waals surface area contributed by atoms with E-state index < -0.39 is 5.97 Å². The average molecular weight is 355 g/mol. The molecular weight excluding hydrogens is 338 g/mol. The van der Waals surface area contributed by atoms with E-state index in [4.69, 9.17) is 9.15 Å². The number of hydrogen-bond acceptors (Lipinski definition) is 5. The maximum Gasteiger partial charge on any atom is 0.349 e. The molecule has 0 radical (unpaired) electrons. The van der Waals surface area contributed by atoms with Crippen LogP contribution in [0, 0.1) is 0 Å². The van der Waals surface area contributed by atoms with Crippen molar-refractivity contribution in [2.24, 2.45) is 0 Å². The third-order valence-corrected chi connectivity index (χ3v) is 4.56. The Balaban J connectivity index is 1.60. The highest BCUT2D eigenvalue weighted by atomic mass is 32.1. The number of carbonyl (C=O) groups excluding carboxylic acids is 2. The zero-order valence-electron chi connectivity index (χ0n) is 13.7. The molecular formula is C19H17NO4S. The number of carbonyl (C=O) groups is 2. The topological polar surface area (TPSA) is 59.8 Å². The van der Waals surface area contributed by atoms with E-state index in [1.807, 2.05) is 41.8 Å². The molecule has 128 valence electrons. The van der Waals surface area contributed by atoms with E-state index in [1.54, 1.807) is 25.4 Å². The fourth-order valence-electron chi connectivity index (χ4n) is 2.34. The number of esters is 1. The van der Waals surface area contributed by atoms with Gasteiger partial charge >= 0.3 is 5.97 Å². The normalized spacial score (nSPS) is 10.4. The second-order valence-electron chi connectivity index (χ2n) is 5.43. The maximum atomic E-state index is 12.3. The zero-order valence-corrected chi connectivity index (χ0v) is 14.5. The van der Waals surface area contributed by atoms with Gasteiger partial charge in [-0.25, -0.2) is 4.79 Å². The number of ether oxygens (including phenoxy) is 1. The molecule has 25 heavy (non-hydrogen) atoms. The molecule has 3 aromatic rings. The number of furan rings is 1. The minimum Gasteiger partial charge on any atom is -0.467 e. The molecule has 0 N–H and O–H groups in total. The quantitative estimate of drug-likeness (QED) is 0.631. The summed E-state index contributed by atoms with van der Waals surface area (Å²) in [5.41, 5.74) is 1.75. The summed E-state index contributed by atoms with van der Waals surface area (Å²) < 4.78 is 10.4. The number of benzene rings is 1. The van der Waals surface area contributed by atoms with Crippen LogP contribution in [0.3, 0.4) is 0 Å². The summed E-state index contributed by atoms with van der Waals surface area (Å²) in [7, 11) is 1.64. The van der Waals surface area contributed by atoms with Gasteiger partial charge in [-0.1, -0.05) is 30.3 Å². The van der Waals surface area contributed by atoms with Crippen LogP contribution in [0.1, 0.15) is 15.4 Å². The van der Waals surface area contributed by atoms with Gasteiger partial charge in [0.1, 0.15) is 10.6 Å². The largest absolute Gasteiger partial charge is 0.467 e. The Bertz CT molecular complexity index is 839. The van der Waals surface area contributed by atoms with Crippen molar-refractivity contribution >= 4 is 23.2 Å². The highest BCUT2D eigenvalue weighted by molar-refractivity contribution is 7.12. The molecule has 3 rings (SSSR count). The molecule has 0 saturated carbocycles. The first-order chi connectivity index (χ1) is 12.1. The van der Waals surface area contributed by atoms with Crippen molar-refractivity contribution in [3.8, 4) is 11.1 Å². The van der Waals surface area contributed by atoms with E-state index in [2.05, 4.69) is 0 Å². The second kappa shape index (κ2) is 7.81. The van der Waals surface area contributed by atoms with E-state index in [-0.39, 0.29) is 12.5 Å². The van der Waals surface area contributed by atoms with Crippen molar-refractivity contribution in [2.75, 3.05) is 13.7 Å². The van der Waals surface area contributed by atoms with Crippen molar-refractivity contribution in [2.45, 2.75) is 6.54 Å². The van der Waals surface area contributed by atoms with Gasteiger partial charge in [-0.3, -0.25) is 4.79 Å². The third kappa shape index (κ3) is 4.16. The Morgan fingerprint density at radius 3 is 2.64 bits per heavy atom. The Morgan fingerprint density at radius 2 is 1.92 bits per heavy atom. The Morgan fingerprint density at radius 1 is 1.12 bits per heavy atom. The molecule has 0 spiro atoms. The van der Waals surface area contributed by atoms with Gasteiger partial charge in [0.2, 0.25) is 0 Å². The lowest BCUT2D eigenvalue weighted by atomic mass is 10.1. The molecule has 5 nitrogen and oxygen atoms in total. The zero-order chi connectivity index (χ0) is 17.6. The Kier molecular flexibility index (Phi) is 5.30. The van der Waals surface area contributed by atoms with E-state index in [0.29, 0.717) is 17.2 Å². The fraction of sp³-hybridized carbons (Fsp3) is 0.158. The molecule has 0 atom stereocenters. The molecule has 0 aliphatic rings. The predicted octanol–water partition coefficient (Wildman–Crippen LogP) is 3.82. The molecule has 2 heterocycles. The number of likely N-dealkylation sites (N-methyl/N-ethyl adjacent to an activating group) is 1. The highest BCUT2D eigenvalue weighted by Gasteiger charge is 2.18. The van der Waals surface area contributed by atoms with Crippen LogP contribution in [-0.2, 0) is 16.1 Å². The summed E-state index contributed by atoms with van der Waals surface area (Å²) in [5.74, 6) is -0.108. The van der Waals surface area contributed by atoms with Crippen LogP contribution in [0.25, 0.3) is 11.1 Å². The molecule has 0 saturated heterocycles. The average Bonchev–Trinajstić information content (AvgIpc) is 3.31. The maximum absolute atomic E-state index is 12.3. The summed E-state index contributed by atoms with van der Waals surface area (Å²) in [6, 6.07) is 15.0. The van der Waals surface area contributed by atoms with Crippen molar-refractivity contribution in [1.29, 1.82) is 0 Å². The lowest BCUT2D eigenvalue weighted by Gasteiger charge is -2.15. The highest BCUT2D eigenvalue weighted by Crippen LogP contribution is 2.28. The van der Waals surface area contributed by atoms with Gasteiger partial charge in [-0.2, -0.15) is 0 Å². The van der Waals surface area contributed by atoms with E-state index >= 15 is 0 Å². The monoisotopic (exact) mass is 355 g/mol. The number of hydrogen-bond donors (Lipinski definition) is 0. The standard InChI is InChI=1S/C19H17NO4S/c1-20(12-15-8-5-10-23-15)17(21)13-24-19(22)18-16(9-11-25-18)14-6-3-2-4-7-14/h2-11H,12-13H2,1H3. The molecule has 0 fully saturated rings. The number of thiophene rings is 1. The van der Waals surface area contributed by atoms with Crippen molar-refractivity contribution in [3.63, 3.8) is 0 Å². The minimum absolute atomic E-state index is 0.289. The molecule has 0 unspecified atom stereocenters. The SMILES string of the molecule is CN(Cc1ccco1)C(=O)COC(=O)c1sccc1-c1ccccc1. The Hall–Kier alpha value is -2.86. The molecule has 0 aliphatic heterocycles. The van der Waals surface area contributed by atoms with E-state index in [1.165, 1.54) is 16.2 Å². The summed E-state index contributed by atoms with van der Waals surface area (Å²) >= 11 is 1.30. The van der Waals surface area contributed by atoms with E-state index in [9.17, 15) is 9.59 Å². The first-order valence-electron chi connectivity index (χ1n) is 7.71. The lowest BCUT2D eigenvalue weighted by molar-refractivity contribution is -0.133. The lowest BCUT2D eigenvalue weighted by Crippen LogP contribution is -2.30. The molecule has 6 heteroatoms. The first-order valence-corrected chi connectivity index (χ1v) is 8.59. The molecule has 1 amide bonds. The van der Waals surface area contributed by atoms with Crippen molar-refractivity contribution < 1.29 is 18.7 Å². The molecule has 2 aromatic heterocycles. The van der Waals surface area contributed by atoms with Crippen LogP contribution in [0.2, 0.25) is 0 Å². The third-order valence-electron chi connectivity index (χ3n) is 3.66.